The zero-order valence-corrected chi connectivity index (χ0v) is 16.3. The number of aliphatic hydroxyl groups is 1. The number of rotatable bonds is 7. The van der Waals surface area contributed by atoms with Gasteiger partial charge in [0.25, 0.3) is 0 Å². The molecule has 3 N–H and O–H groups in total. The third-order valence-electron chi connectivity index (χ3n) is 4.41. The lowest BCUT2D eigenvalue weighted by Gasteiger charge is -2.16. The van der Waals surface area contributed by atoms with E-state index < -0.39 is 17.2 Å². The SMILES string of the molecule is CC(=NCCC(C)(C)O)/C(=C\N)c1ccc(-c2cnc(C=O)n2C)c(F)c1F. The molecule has 0 bridgehead atoms. The lowest BCUT2D eigenvalue weighted by molar-refractivity contribution is 0.0739. The van der Waals surface area contributed by atoms with Crippen LogP contribution in [0.3, 0.4) is 0 Å². The molecule has 6 nitrogen and oxygen atoms in total. The van der Waals surface area contributed by atoms with Gasteiger partial charge in [0.1, 0.15) is 0 Å². The quantitative estimate of drug-likeness (QED) is 0.561. The molecule has 0 fully saturated rings. The van der Waals surface area contributed by atoms with Crippen molar-refractivity contribution in [3.8, 4) is 11.3 Å². The van der Waals surface area contributed by atoms with Gasteiger partial charge >= 0.3 is 0 Å². The van der Waals surface area contributed by atoms with Gasteiger partial charge in [-0.15, -0.1) is 0 Å². The molecule has 0 aliphatic rings. The third kappa shape index (κ3) is 4.51. The van der Waals surface area contributed by atoms with Crippen molar-refractivity contribution in [1.82, 2.24) is 9.55 Å². The summed E-state index contributed by atoms with van der Waals surface area (Å²) in [5.74, 6) is -2.03. The molecule has 0 aliphatic carbocycles. The van der Waals surface area contributed by atoms with Crippen LogP contribution in [-0.2, 0) is 7.05 Å². The number of allylic oxidation sites excluding steroid dienone is 1. The minimum Gasteiger partial charge on any atom is -0.404 e. The maximum atomic E-state index is 14.8. The van der Waals surface area contributed by atoms with Crippen molar-refractivity contribution in [3.05, 3.63) is 47.6 Å². The van der Waals surface area contributed by atoms with Gasteiger partial charge in [-0.2, -0.15) is 0 Å². The summed E-state index contributed by atoms with van der Waals surface area (Å²) in [5.41, 5.74) is 5.70. The normalized spacial score (nSPS) is 13.1. The smallest absolute Gasteiger partial charge is 0.185 e. The lowest BCUT2D eigenvalue weighted by atomic mass is 9.99. The summed E-state index contributed by atoms with van der Waals surface area (Å²) in [6, 6.07) is 2.82. The van der Waals surface area contributed by atoms with E-state index in [-0.39, 0.29) is 28.2 Å². The van der Waals surface area contributed by atoms with Gasteiger partial charge in [0.05, 0.1) is 17.5 Å². The zero-order valence-electron chi connectivity index (χ0n) is 16.3. The number of nitrogens with zero attached hydrogens (tertiary/aromatic N) is 3. The molecule has 2 rings (SSSR count). The van der Waals surface area contributed by atoms with E-state index >= 15 is 0 Å². The van der Waals surface area contributed by atoms with E-state index in [2.05, 4.69) is 9.98 Å². The van der Waals surface area contributed by atoms with Crippen molar-refractivity contribution in [2.45, 2.75) is 32.8 Å². The standard InChI is InChI=1S/C20H24F2N4O2/c1-12(24-8-7-20(2,3)28)15(9-23)13-5-6-14(19(22)18(13)21)16-10-25-17(11-27)26(16)4/h5-6,9-11,28H,7-8,23H2,1-4H3/b15-9+,24-12?. The van der Waals surface area contributed by atoms with Crippen LogP contribution in [0, 0.1) is 11.6 Å². The molecule has 1 aromatic carbocycles. The van der Waals surface area contributed by atoms with Gasteiger partial charge < -0.3 is 15.4 Å². The number of benzene rings is 1. The number of aldehydes is 1. The Morgan fingerprint density at radius 1 is 1.36 bits per heavy atom. The van der Waals surface area contributed by atoms with Crippen molar-refractivity contribution in [2.24, 2.45) is 17.8 Å². The predicted octanol–water partition coefficient (Wildman–Crippen LogP) is 3.10. The molecule has 0 saturated carbocycles. The lowest BCUT2D eigenvalue weighted by Crippen LogP contribution is -2.19. The zero-order chi connectivity index (χ0) is 21.1. The van der Waals surface area contributed by atoms with Gasteiger partial charge in [0.15, 0.2) is 23.7 Å². The second-order valence-electron chi connectivity index (χ2n) is 7.08. The second-order valence-corrected chi connectivity index (χ2v) is 7.08. The minimum absolute atomic E-state index is 0.0163. The fourth-order valence-electron chi connectivity index (χ4n) is 2.73. The molecule has 2 aromatic rings. The summed E-state index contributed by atoms with van der Waals surface area (Å²) in [4.78, 5) is 19.1. The molecule has 0 radical (unpaired) electrons. The molecule has 1 heterocycles. The fraction of sp³-hybridized carbons (Fsp3) is 0.350. The summed E-state index contributed by atoms with van der Waals surface area (Å²) in [7, 11) is 1.54. The number of imidazole rings is 1. The maximum Gasteiger partial charge on any atom is 0.185 e. The highest BCUT2D eigenvalue weighted by molar-refractivity contribution is 6.22. The van der Waals surface area contributed by atoms with Gasteiger partial charge in [-0.3, -0.25) is 9.79 Å². The average Bonchev–Trinajstić information content (AvgIpc) is 2.98. The Morgan fingerprint density at radius 2 is 2.04 bits per heavy atom. The summed E-state index contributed by atoms with van der Waals surface area (Å²) >= 11 is 0. The van der Waals surface area contributed by atoms with Crippen molar-refractivity contribution in [3.63, 3.8) is 0 Å². The molecule has 0 spiro atoms. The van der Waals surface area contributed by atoms with Crippen LogP contribution >= 0.6 is 0 Å². The summed E-state index contributed by atoms with van der Waals surface area (Å²) in [5, 5.41) is 9.76. The molecule has 0 aliphatic heterocycles. The number of aliphatic imine (C=N–C) groups is 1. The molecule has 0 atom stereocenters. The largest absolute Gasteiger partial charge is 0.404 e. The first-order valence-electron chi connectivity index (χ1n) is 8.72. The highest BCUT2D eigenvalue weighted by Crippen LogP contribution is 2.30. The maximum absolute atomic E-state index is 14.8. The number of aromatic nitrogens is 2. The molecule has 0 unspecified atom stereocenters. The van der Waals surface area contributed by atoms with E-state index in [1.165, 1.54) is 29.1 Å². The van der Waals surface area contributed by atoms with Crippen LogP contribution in [-0.4, -0.2) is 38.8 Å². The van der Waals surface area contributed by atoms with E-state index in [1.54, 1.807) is 27.8 Å². The number of halogens is 2. The van der Waals surface area contributed by atoms with Crippen molar-refractivity contribution in [1.29, 1.82) is 0 Å². The van der Waals surface area contributed by atoms with Gasteiger partial charge in [-0.25, -0.2) is 13.8 Å². The Morgan fingerprint density at radius 3 is 2.57 bits per heavy atom. The third-order valence-corrected chi connectivity index (χ3v) is 4.41. The van der Waals surface area contributed by atoms with Crippen molar-refractivity contribution in [2.75, 3.05) is 6.54 Å². The van der Waals surface area contributed by atoms with Crippen LogP contribution in [0.5, 0.6) is 0 Å². The van der Waals surface area contributed by atoms with Crippen LogP contribution in [0.2, 0.25) is 0 Å². The van der Waals surface area contributed by atoms with E-state index in [0.717, 1.165) is 0 Å². The van der Waals surface area contributed by atoms with Crippen LogP contribution in [0.15, 0.2) is 29.5 Å². The van der Waals surface area contributed by atoms with E-state index in [9.17, 15) is 18.7 Å². The summed E-state index contributed by atoms with van der Waals surface area (Å²) in [6.07, 6.45) is 3.44. The van der Waals surface area contributed by atoms with Gasteiger partial charge in [-0.05, 0) is 33.3 Å². The Kier molecular flexibility index (Phi) is 6.45. The molecule has 0 amide bonds. The molecule has 1 aromatic heterocycles. The first-order valence-corrected chi connectivity index (χ1v) is 8.72. The van der Waals surface area contributed by atoms with Gasteiger partial charge in [0.2, 0.25) is 0 Å². The van der Waals surface area contributed by atoms with Crippen LogP contribution in [0.1, 0.15) is 43.4 Å². The predicted molar refractivity (Wildman–Crippen MR) is 105 cm³/mol. The average molecular weight is 390 g/mol. The highest BCUT2D eigenvalue weighted by Gasteiger charge is 2.21. The number of hydrogen-bond acceptors (Lipinski definition) is 5. The number of carbonyl (C=O) groups is 1. The Bertz CT molecular complexity index is 940. The minimum atomic E-state index is -1.07. The molecule has 150 valence electrons. The first kappa shape index (κ1) is 21.4. The summed E-state index contributed by atoms with van der Waals surface area (Å²) in [6.45, 7) is 5.30. The van der Waals surface area contributed by atoms with Gasteiger partial charge in [0, 0.05) is 42.2 Å². The monoisotopic (exact) mass is 390 g/mol. The molecular weight excluding hydrogens is 366 g/mol. The van der Waals surface area contributed by atoms with Crippen molar-refractivity contribution >= 4 is 17.6 Å². The highest BCUT2D eigenvalue weighted by atomic mass is 19.2. The first-order chi connectivity index (χ1) is 13.1. The molecular formula is C20H24F2N4O2. The Hall–Kier alpha value is -2.87. The van der Waals surface area contributed by atoms with Crippen molar-refractivity contribution < 1.29 is 18.7 Å². The van der Waals surface area contributed by atoms with E-state index in [1.807, 2.05) is 0 Å². The number of nitrogens with two attached hydrogens (primary N) is 1. The van der Waals surface area contributed by atoms with E-state index in [0.29, 0.717) is 25.0 Å². The number of hydrogen-bond donors (Lipinski definition) is 2. The molecule has 28 heavy (non-hydrogen) atoms. The fourth-order valence-corrected chi connectivity index (χ4v) is 2.73. The molecule has 0 saturated heterocycles. The van der Waals surface area contributed by atoms with Crippen LogP contribution in [0.4, 0.5) is 8.78 Å². The van der Waals surface area contributed by atoms with Gasteiger partial charge in [-0.1, -0.05) is 6.07 Å². The van der Waals surface area contributed by atoms with Crippen LogP contribution < -0.4 is 5.73 Å². The Balaban J connectivity index is 2.41. The Labute approximate surface area is 162 Å². The van der Waals surface area contributed by atoms with E-state index in [4.69, 9.17) is 5.73 Å². The topological polar surface area (TPSA) is 93.5 Å². The number of carbonyl (C=O) groups excluding carboxylic acids is 1. The van der Waals surface area contributed by atoms with Crippen LogP contribution in [0.25, 0.3) is 16.8 Å². The second kappa shape index (κ2) is 8.43. The molecule has 8 heteroatoms. The summed E-state index contributed by atoms with van der Waals surface area (Å²) < 4.78 is 31.0.